The van der Waals surface area contributed by atoms with E-state index >= 15 is 0 Å². The van der Waals surface area contributed by atoms with Gasteiger partial charge in [0.15, 0.2) is 0 Å². The van der Waals surface area contributed by atoms with Crippen LogP contribution >= 0.6 is 23.2 Å². The molecular weight excluding hydrogens is 389 g/mol. The van der Waals surface area contributed by atoms with Gasteiger partial charge in [-0.2, -0.15) is 0 Å². The quantitative estimate of drug-likeness (QED) is 0.733. The van der Waals surface area contributed by atoms with Crippen molar-refractivity contribution < 1.29 is 19.4 Å². The fraction of sp³-hybridized carbons (Fsp3) is 0.350. The highest BCUT2D eigenvalue weighted by atomic mass is 35.5. The zero-order chi connectivity index (χ0) is 19.2. The summed E-state index contributed by atoms with van der Waals surface area (Å²) < 4.78 is 11.6. The lowest BCUT2D eigenvalue weighted by molar-refractivity contribution is -0.137. The summed E-state index contributed by atoms with van der Waals surface area (Å²) in [6.45, 7) is 2.91. The average Bonchev–Trinajstić information content (AvgIpc) is 2.68. The maximum Gasteiger partial charge on any atom is 0.304 e. The summed E-state index contributed by atoms with van der Waals surface area (Å²) in [4.78, 5) is 12.9. The normalized spacial score (nSPS) is 17.6. The molecule has 1 aliphatic rings. The van der Waals surface area contributed by atoms with Gasteiger partial charge in [0.25, 0.3) is 0 Å². The summed E-state index contributed by atoms with van der Waals surface area (Å²) in [5.74, 6) is -0.0484. The topological polar surface area (TPSA) is 59.0 Å². The van der Waals surface area contributed by atoms with Gasteiger partial charge >= 0.3 is 5.97 Å². The molecule has 1 saturated heterocycles. The van der Waals surface area contributed by atoms with Gasteiger partial charge in [-0.05, 0) is 23.8 Å². The van der Waals surface area contributed by atoms with E-state index in [0.717, 1.165) is 23.4 Å². The summed E-state index contributed by atoms with van der Waals surface area (Å²) in [6.07, 6.45) is 0.0786. The lowest BCUT2D eigenvalue weighted by Crippen LogP contribution is -2.39. The summed E-state index contributed by atoms with van der Waals surface area (Å²) in [5, 5.41) is 9.85. The van der Waals surface area contributed by atoms with E-state index in [4.69, 9.17) is 37.8 Å². The van der Waals surface area contributed by atoms with Crippen molar-refractivity contribution in [2.24, 2.45) is 0 Å². The molecule has 1 fully saturated rings. The Morgan fingerprint density at radius 1 is 1.22 bits per heavy atom. The number of benzene rings is 2. The van der Waals surface area contributed by atoms with Crippen molar-refractivity contribution in [2.75, 3.05) is 26.2 Å². The van der Waals surface area contributed by atoms with E-state index in [1.165, 1.54) is 0 Å². The largest absolute Gasteiger partial charge is 0.489 e. The Morgan fingerprint density at radius 2 is 2.00 bits per heavy atom. The van der Waals surface area contributed by atoms with Gasteiger partial charge in [-0.15, -0.1) is 0 Å². The molecule has 1 atom stereocenters. The number of rotatable bonds is 7. The minimum absolute atomic E-state index is 0.0658. The van der Waals surface area contributed by atoms with Crippen LogP contribution in [-0.2, 0) is 16.1 Å². The number of carbonyl (C=O) groups is 1. The SMILES string of the molecule is O=C(O)CCN1CCOC(c2ccc(OCc3cccc(Cl)c3Cl)cc2)C1. The van der Waals surface area contributed by atoms with Crippen LogP contribution in [0.1, 0.15) is 23.7 Å². The first kappa shape index (κ1) is 20.0. The third-order valence-electron chi connectivity index (χ3n) is 4.47. The number of aliphatic carboxylic acids is 1. The molecule has 27 heavy (non-hydrogen) atoms. The van der Waals surface area contributed by atoms with E-state index in [9.17, 15) is 4.79 Å². The third kappa shape index (κ3) is 5.59. The molecular formula is C20H21Cl2NO4. The predicted octanol–water partition coefficient (Wildman–Crippen LogP) is 4.42. The first-order chi connectivity index (χ1) is 13.0. The second-order valence-electron chi connectivity index (χ2n) is 6.37. The first-order valence-corrected chi connectivity index (χ1v) is 9.50. The van der Waals surface area contributed by atoms with E-state index in [2.05, 4.69) is 4.90 Å². The number of carboxylic acids is 1. The Bertz CT molecular complexity index is 782. The van der Waals surface area contributed by atoms with Crippen LogP contribution in [0.25, 0.3) is 0 Å². The third-order valence-corrected chi connectivity index (χ3v) is 5.33. The van der Waals surface area contributed by atoms with Crippen molar-refractivity contribution in [1.29, 1.82) is 0 Å². The lowest BCUT2D eigenvalue weighted by atomic mass is 10.1. The molecule has 5 nitrogen and oxygen atoms in total. The van der Waals surface area contributed by atoms with Gasteiger partial charge in [0, 0.05) is 25.2 Å². The molecule has 0 radical (unpaired) electrons. The van der Waals surface area contributed by atoms with Crippen LogP contribution in [0.15, 0.2) is 42.5 Å². The maximum absolute atomic E-state index is 10.7. The molecule has 0 bridgehead atoms. The van der Waals surface area contributed by atoms with Crippen molar-refractivity contribution >= 4 is 29.2 Å². The summed E-state index contributed by atoms with van der Waals surface area (Å²) in [5.41, 5.74) is 1.88. The molecule has 0 aromatic heterocycles. The number of carboxylic acid groups (broad SMARTS) is 1. The zero-order valence-corrected chi connectivity index (χ0v) is 16.2. The molecule has 0 amide bonds. The van der Waals surface area contributed by atoms with Gasteiger partial charge in [-0.1, -0.05) is 47.5 Å². The minimum atomic E-state index is -0.778. The van der Waals surface area contributed by atoms with Crippen molar-refractivity contribution in [3.8, 4) is 5.75 Å². The molecule has 0 spiro atoms. The molecule has 2 aromatic carbocycles. The first-order valence-electron chi connectivity index (χ1n) is 8.74. The van der Waals surface area contributed by atoms with Crippen molar-refractivity contribution in [1.82, 2.24) is 4.90 Å². The lowest BCUT2D eigenvalue weighted by Gasteiger charge is -2.32. The number of morpholine rings is 1. The second-order valence-corrected chi connectivity index (χ2v) is 7.16. The van der Waals surface area contributed by atoms with Crippen LogP contribution < -0.4 is 4.74 Å². The van der Waals surface area contributed by atoms with Crippen molar-refractivity contribution in [2.45, 2.75) is 19.1 Å². The summed E-state index contributed by atoms with van der Waals surface area (Å²) in [6, 6.07) is 13.2. The second kappa shape index (κ2) is 9.42. The monoisotopic (exact) mass is 409 g/mol. The Balaban J connectivity index is 1.56. The Labute approximate surface area is 168 Å². The molecule has 0 saturated carbocycles. The summed E-state index contributed by atoms with van der Waals surface area (Å²) >= 11 is 12.2. The smallest absolute Gasteiger partial charge is 0.304 e. The van der Waals surface area contributed by atoms with Crippen molar-refractivity contribution in [3.63, 3.8) is 0 Å². The van der Waals surface area contributed by atoms with Crippen LogP contribution in [-0.4, -0.2) is 42.2 Å². The highest BCUT2D eigenvalue weighted by molar-refractivity contribution is 6.42. The fourth-order valence-electron chi connectivity index (χ4n) is 2.96. The molecule has 3 rings (SSSR count). The highest BCUT2D eigenvalue weighted by Crippen LogP contribution is 2.28. The Hall–Kier alpha value is -1.79. The standard InChI is InChI=1S/C20H21Cl2NO4/c21-17-3-1-2-15(20(17)22)13-27-16-6-4-14(5-7-16)18-12-23(10-11-26-18)9-8-19(24)25/h1-7,18H,8-13H2,(H,24,25). The van der Waals surface area contributed by atoms with E-state index in [1.54, 1.807) is 6.07 Å². The highest BCUT2D eigenvalue weighted by Gasteiger charge is 2.22. The van der Waals surface area contributed by atoms with Gasteiger partial charge in [0.05, 0.1) is 29.2 Å². The Kier molecular flexibility index (Phi) is 6.96. The predicted molar refractivity (Wildman–Crippen MR) is 105 cm³/mol. The van der Waals surface area contributed by atoms with E-state index < -0.39 is 5.97 Å². The van der Waals surface area contributed by atoms with Crippen molar-refractivity contribution in [3.05, 3.63) is 63.6 Å². The van der Waals surface area contributed by atoms with Crippen LogP contribution in [0.3, 0.4) is 0 Å². The van der Waals surface area contributed by atoms with E-state index in [1.807, 2.05) is 36.4 Å². The number of hydrogen-bond donors (Lipinski definition) is 1. The van der Waals surface area contributed by atoms with Gasteiger partial charge in [-0.25, -0.2) is 0 Å². The zero-order valence-electron chi connectivity index (χ0n) is 14.7. The van der Waals surface area contributed by atoms with Crippen LogP contribution in [0.4, 0.5) is 0 Å². The number of halogens is 2. The van der Waals surface area contributed by atoms with Crippen LogP contribution in [0.2, 0.25) is 10.0 Å². The minimum Gasteiger partial charge on any atom is -0.489 e. The molecule has 1 heterocycles. The van der Waals surface area contributed by atoms with Crippen LogP contribution in [0, 0.1) is 0 Å². The van der Waals surface area contributed by atoms with Gasteiger partial charge < -0.3 is 14.6 Å². The molecule has 7 heteroatoms. The molecule has 1 unspecified atom stereocenters. The molecule has 144 valence electrons. The van der Waals surface area contributed by atoms with E-state index in [0.29, 0.717) is 36.3 Å². The van der Waals surface area contributed by atoms with E-state index in [-0.39, 0.29) is 12.5 Å². The van der Waals surface area contributed by atoms with Crippen LogP contribution in [0.5, 0.6) is 5.75 Å². The molecule has 1 N–H and O–H groups in total. The van der Waals surface area contributed by atoms with Gasteiger partial charge in [0.2, 0.25) is 0 Å². The fourth-order valence-corrected chi connectivity index (χ4v) is 3.34. The molecule has 0 aliphatic carbocycles. The number of hydrogen-bond acceptors (Lipinski definition) is 4. The summed E-state index contributed by atoms with van der Waals surface area (Å²) in [7, 11) is 0. The van der Waals surface area contributed by atoms with Gasteiger partial charge in [-0.3, -0.25) is 9.69 Å². The van der Waals surface area contributed by atoms with Gasteiger partial charge in [0.1, 0.15) is 12.4 Å². The Morgan fingerprint density at radius 3 is 2.74 bits per heavy atom. The molecule has 1 aliphatic heterocycles. The number of ether oxygens (including phenoxy) is 2. The number of nitrogens with zero attached hydrogens (tertiary/aromatic N) is 1. The average molecular weight is 410 g/mol. The maximum atomic E-state index is 10.7. The molecule has 2 aromatic rings.